The van der Waals surface area contributed by atoms with Gasteiger partial charge in [0.25, 0.3) is 0 Å². The maximum absolute atomic E-state index is 6.09. The summed E-state index contributed by atoms with van der Waals surface area (Å²) in [6, 6.07) is 12.2. The van der Waals surface area contributed by atoms with Gasteiger partial charge in [0.1, 0.15) is 0 Å². The quantitative estimate of drug-likeness (QED) is 0.738. The van der Waals surface area contributed by atoms with E-state index < -0.39 is 0 Å². The second-order valence-electron chi connectivity index (χ2n) is 4.66. The molecule has 96 valence electrons. The zero-order chi connectivity index (χ0) is 13.6. The van der Waals surface area contributed by atoms with E-state index in [9.17, 15) is 0 Å². The molecule has 1 heterocycles. The molecule has 1 aromatic heterocycles. The maximum atomic E-state index is 6.09. The highest BCUT2D eigenvalue weighted by molar-refractivity contribution is 9.10. The van der Waals surface area contributed by atoms with Crippen molar-refractivity contribution >= 4 is 32.9 Å². The van der Waals surface area contributed by atoms with Crippen LogP contribution in [0.2, 0.25) is 0 Å². The normalized spacial score (nSPS) is 11.1. The molecule has 19 heavy (non-hydrogen) atoms. The van der Waals surface area contributed by atoms with Crippen molar-refractivity contribution in [2.24, 2.45) is 0 Å². The summed E-state index contributed by atoms with van der Waals surface area (Å²) in [5, 5.41) is 0. The largest absolute Gasteiger partial charge is 0.369 e. The van der Waals surface area contributed by atoms with Crippen LogP contribution in [0.4, 0.5) is 5.95 Å². The predicted octanol–water partition coefficient (Wildman–Crippen LogP) is 3.99. The van der Waals surface area contributed by atoms with Crippen molar-refractivity contribution in [2.75, 3.05) is 5.73 Å². The molecule has 0 aliphatic carbocycles. The lowest BCUT2D eigenvalue weighted by Crippen LogP contribution is -2.03. The van der Waals surface area contributed by atoms with Crippen molar-refractivity contribution in [1.29, 1.82) is 0 Å². The number of aryl methyl sites for hydroxylation is 1. The molecule has 3 rings (SSSR count). The summed E-state index contributed by atoms with van der Waals surface area (Å²) in [5.41, 5.74) is 11.6. The smallest absolute Gasteiger partial charge is 0.205 e. The Hall–Kier alpha value is -1.81. The van der Waals surface area contributed by atoms with E-state index in [0.29, 0.717) is 5.95 Å². The van der Waals surface area contributed by atoms with Crippen LogP contribution >= 0.6 is 15.9 Å². The molecule has 0 amide bonds. The first-order chi connectivity index (χ1) is 9.08. The van der Waals surface area contributed by atoms with Crippen molar-refractivity contribution in [1.82, 2.24) is 9.55 Å². The minimum Gasteiger partial charge on any atom is -0.369 e. The standard InChI is InChI=1S/C15H14BrN3/c1-9-4-3-5-13(10(9)2)19-14-8-11(16)6-7-12(14)18-15(19)17/h3-8H,1-2H3,(H2,17,18). The van der Waals surface area contributed by atoms with Crippen molar-refractivity contribution < 1.29 is 0 Å². The summed E-state index contributed by atoms with van der Waals surface area (Å²) in [4.78, 5) is 4.42. The molecule has 2 aromatic carbocycles. The van der Waals surface area contributed by atoms with Crippen LogP contribution in [-0.2, 0) is 0 Å². The lowest BCUT2D eigenvalue weighted by molar-refractivity contribution is 1.08. The predicted molar refractivity (Wildman–Crippen MR) is 82.7 cm³/mol. The Morgan fingerprint density at radius 1 is 1.16 bits per heavy atom. The average molecular weight is 316 g/mol. The SMILES string of the molecule is Cc1cccc(-n2c(N)nc3ccc(Br)cc32)c1C. The number of imidazole rings is 1. The molecule has 0 aliphatic heterocycles. The molecule has 0 spiro atoms. The van der Waals surface area contributed by atoms with Gasteiger partial charge in [-0.1, -0.05) is 28.1 Å². The lowest BCUT2D eigenvalue weighted by Gasteiger charge is -2.12. The first kappa shape index (κ1) is 12.2. The van der Waals surface area contributed by atoms with E-state index in [1.165, 1.54) is 11.1 Å². The first-order valence-corrected chi connectivity index (χ1v) is 6.87. The molecular weight excluding hydrogens is 302 g/mol. The van der Waals surface area contributed by atoms with Crippen molar-refractivity contribution in [2.45, 2.75) is 13.8 Å². The van der Waals surface area contributed by atoms with Crippen molar-refractivity contribution in [3.63, 3.8) is 0 Å². The molecule has 4 heteroatoms. The van der Waals surface area contributed by atoms with Crippen LogP contribution < -0.4 is 5.73 Å². The molecule has 0 fully saturated rings. The van der Waals surface area contributed by atoms with Crippen LogP contribution in [0.15, 0.2) is 40.9 Å². The molecule has 3 nitrogen and oxygen atoms in total. The van der Waals surface area contributed by atoms with Gasteiger partial charge in [0.2, 0.25) is 5.95 Å². The summed E-state index contributed by atoms with van der Waals surface area (Å²) >= 11 is 3.50. The third-order valence-corrected chi connectivity index (χ3v) is 3.95. The number of aromatic nitrogens is 2. The van der Waals surface area contributed by atoms with E-state index in [1.54, 1.807) is 0 Å². The second-order valence-corrected chi connectivity index (χ2v) is 5.57. The summed E-state index contributed by atoms with van der Waals surface area (Å²) in [6.07, 6.45) is 0. The van der Waals surface area contributed by atoms with Crippen LogP contribution in [0.5, 0.6) is 0 Å². The number of halogens is 1. The minimum absolute atomic E-state index is 0.516. The number of hydrogen-bond donors (Lipinski definition) is 1. The van der Waals surface area contributed by atoms with Gasteiger partial charge in [-0.15, -0.1) is 0 Å². The molecule has 3 aromatic rings. The van der Waals surface area contributed by atoms with Gasteiger partial charge >= 0.3 is 0 Å². The van der Waals surface area contributed by atoms with Gasteiger partial charge in [-0.05, 0) is 49.2 Å². The highest BCUT2D eigenvalue weighted by atomic mass is 79.9. The molecular formula is C15H14BrN3. The number of nitrogen functional groups attached to an aromatic ring is 1. The van der Waals surface area contributed by atoms with Gasteiger partial charge in [0.15, 0.2) is 0 Å². The third kappa shape index (κ3) is 1.92. The van der Waals surface area contributed by atoms with Crippen molar-refractivity contribution in [3.05, 3.63) is 52.0 Å². The monoisotopic (exact) mass is 315 g/mol. The van der Waals surface area contributed by atoms with Crippen molar-refractivity contribution in [3.8, 4) is 5.69 Å². The molecule has 0 atom stereocenters. The molecule has 0 aliphatic rings. The number of nitrogens with zero attached hydrogens (tertiary/aromatic N) is 2. The van der Waals surface area contributed by atoms with E-state index in [0.717, 1.165) is 21.2 Å². The maximum Gasteiger partial charge on any atom is 0.205 e. The molecule has 0 bridgehead atoms. The number of fused-ring (bicyclic) bond motifs is 1. The Morgan fingerprint density at radius 3 is 2.74 bits per heavy atom. The van der Waals surface area contributed by atoms with Gasteiger partial charge in [0, 0.05) is 4.47 Å². The molecule has 0 radical (unpaired) electrons. The van der Waals surface area contributed by atoms with Gasteiger partial charge in [0.05, 0.1) is 16.7 Å². The minimum atomic E-state index is 0.516. The zero-order valence-corrected chi connectivity index (χ0v) is 12.4. The fraction of sp³-hybridized carbons (Fsp3) is 0.133. The summed E-state index contributed by atoms with van der Waals surface area (Å²) in [5.74, 6) is 0.516. The van der Waals surface area contributed by atoms with Crippen LogP contribution in [0.25, 0.3) is 16.7 Å². The number of anilines is 1. The van der Waals surface area contributed by atoms with Gasteiger partial charge in [-0.3, -0.25) is 4.57 Å². The van der Waals surface area contributed by atoms with Gasteiger partial charge < -0.3 is 5.73 Å². The zero-order valence-electron chi connectivity index (χ0n) is 10.8. The van der Waals surface area contributed by atoms with Gasteiger partial charge in [-0.2, -0.15) is 0 Å². The summed E-state index contributed by atoms with van der Waals surface area (Å²) in [6.45, 7) is 4.21. The van der Waals surface area contributed by atoms with E-state index in [2.05, 4.69) is 46.9 Å². The summed E-state index contributed by atoms with van der Waals surface area (Å²) < 4.78 is 3.02. The van der Waals surface area contributed by atoms with E-state index in [4.69, 9.17) is 5.73 Å². The Morgan fingerprint density at radius 2 is 1.95 bits per heavy atom. The fourth-order valence-corrected chi connectivity index (χ4v) is 2.65. The van der Waals surface area contributed by atoms with Crippen LogP contribution in [0.3, 0.4) is 0 Å². The Kier molecular flexibility index (Phi) is 2.82. The average Bonchev–Trinajstić information content (AvgIpc) is 2.69. The number of rotatable bonds is 1. The topological polar surface area (TPSA) is 43.8 Å². The summed E-state index contributed by atoms with van der Waals surface area (Å²) in [7, 11) is 0. The van der Waals surface area contributed by atoms with Crippen LogP contribution in [-0.4, -0.2) is 9.55 Å². The van der Waals surface area contributed by atoms with E-state index in [-0.39, 0.29) is 0 Å². The fourth-order valence-electron chi connectivity index (χ4n) is 2.30. The van der Waals surface area contributed by atoms with Crippen LogP contribution in [0.1, 0.15) is 11.1 Å². The number of benzene rings is 2. The molecule has 0 saturated heterocycles. The van der Waals surface area contributed by atoms with E-state index >= 15 is 0 Å². The Labute approximate surface area is 120 Å². The number of nitrogens with two attached hydrogens (primary N) is 1. The number of hydrogen-bond acceptors (Lipinski definition) is 2. The Bertz CT molecular complexity index is 774. The van der Waals surface area contributed by atoms with Crippen LogP contribution in [0, 0.1) is 13.8 Å². The molecule has 2 N–H and O–H groups in total. The highest BCUT2D eigenvalue weighted by Crippen LogP contribution is 2.28. The van der Waals surface area contributed by atoms with Gasteiger partial charge in [-0.25, -0.2) is 4.98 Å². The lowest BCUT2D eigenvalue weighted by atomic mass is 10.1. The second kappa shape index (κ2) is 4.38. The Balaban J connectivity index is 2.39. The first-order valence-electron chi connectivity index (χ1n) is 6.08. The third-order valence-electron chi connectivity index (χ3n) is 3.46. The molecule has 0 unspecified atom stereocenters. The highest BCUT2D eigenvalue weighted by Gasteiger charge is 2.12. The molecule has 0 saturated carbocycles. The van der Waals surface area contributed by atoms with E-state index in [1.807, 2.05) is 28.8 Å².